The van der Waals surface area contributed by atoms with Crippen molar-refractivity contribution in [2.45, 2.75) is 18.9 Å². The second-order valence-corrected chi connectivity index (χ2v) is 5.25. The van der Waals surface area contributed by atoms with Gasteiger partial charge >= 0.3 is 5.97 Å². The third-order valence-corrected chi connectivity index (χ3v) is 3.78. The summed E-state index contributed by atoms with van der Waals surface area (Å²) in [4.78, 5) is 35.3. The molecule has 6 nitrogen and oxygen atoms in total. The van der Waals surface area contributed by atoms with Crippen LogP contribution in [0.4, 0.5) is 0 Å². The van der Waals surface area contributed by atoms with E-state index in [9.17, 15) is 14.4 Å². The molecule has 2 rings (SSSR count). The number of hydrogen-bond donors (Lipinski definition) is 2. The Morgan fingerprint density at radius 3 is 2.71 bits per heavy atom. The van der Waals surface area contributed by atoms with Crippen LogP contribution in [0.2, 0.25) is 0 Å². The smallest absolute Gasteiger partial charge is 0.326 e. The lowest BCUT2D eigenvalue weighted by atomic mass is 10.2. The number of aliphatic carboxylic acids is 1. The van der Waals surface area contributed by atoms with E-state index in [1.807, 2.05) is 0 Å². The van der Waals surface area contributed by atoms with E-state index >= 15 is 0 Å². The molecule has 0 aromatic rings. The molecule has 2 N–H and O–H groups in total. The van der Waals surface area contributed by atoms with Crippen molar-refractivity contribution in [1.82, 2.24) is 10.2 Å². The van der Waals surface area contributed by atoms with Crippen molar-refractivity contribution in [3.05, 3.63) is 0 Å². The highest BCUT2D eigenvalue weighted by Gasteiger charge is 2.37. The maximum Gasteiger partial charge on any atom is 0.326 e. The summed E-state index contributed by atoms with van der Waals surface area (Å²) in [6.45, 7) is -0.0394. The number of nitrogens with one attached hydrogen (secondary N) is 1. The van der Waals surface area contributed by atoms with Gasteiger partial charge in [-0.05, 0) is 18.8 Å². The lowest BCUT2D eigenvalue weighted by molar-refractivity contribution is -0.142. The third kappa shape index (κ3) is 3.12. The van der Waals surface area contributed by atoms with Crippen LogP contribution in [0.1, 0.15) is 12.8 Å². The normalized spacial score (nSPS) is 21.4. The lowest BCUT2D eigenvalue weighted by Crippen LogP contribution is -2.47. The van der Waals surface area contributed by atoms with E-state index in [1.54, 1.807) is 0 Å². The van der Waals surface area contributed by atoms with Gasteiger partial charge in [0.2, 0.25) is 11.8 Å². The first-order chi connectivity index (χ1) is 8.08. The second kappa shape index (κ2) is 4.95. The monoisotopic (exact) mass is 258 g/mol. The van der Waals surface area contributed by atoms with E-state index in [-0.39, 0.29) is 24.3 Å². The zero-order valence-electron chi connectivity index (χ0n) is 9.22. The number of rotatable bonds is 5. The standard InChI is InChI=1S/C10H14N2O4S/c13-7(3-12-5-17-4-8(12)14)11-9(10(15)16)6-1-2-6/h6,9H,1-5H2,(H,11,13)(H,15,16). The van der Waals surface area contributed by atoms with Gasteiger partial charge in [0.15, 0.2) is 0 Å². The van der Waals surface area contributed by atoms with Crippen LogP contribution in [0.25, 0.3) is 0 Å². The van der Waals surface area contributed by atoms with Gasteiger partial charge in [0.05, 0.1) is 11.6 Å². The summed E-state index contributed by atoms with van der Waals surface area (Å²) in [6, 6.07) is -0.798. The summed E-state index contributed by atoms with van der Waals surface area (Å²) in [7, 11) is 0. The molecule has 1 atom stereocenters. The second-order valence-electron chi connectivity index (χ2n) is 4.29. The van der Waals surface area contributed by atoms with Crippen LogP contribution < -0.4 is 5.32 Å². The Kier molecular flexibility index (Phi) is 3.56. The predicted octanol–water partition coefficient (Wildman–Crippen LogP) is -0.501. The maximum atomic E-state index is 11.6. The Labute approximate surface area is 103 Å². The summed E-state index contributed by atoms with van der Waals surface area (Å²) < 4.78 is 0. The molecule has 94 valence electrons. The molecule has 1 heterocycles. The number of amides is 2. The van der Waals surface area contributed by atoms with E-state index in [0.717, 1.165) is 12.8 Å². The molecule has 0 radical (unpaired) electrons. The molecule has 2 fully saturated rings. The Hall–Kier alpha value is -1.24. The highest BCUT2D eigenvalue weighted by Crippen LogP contribution is 2.32. The Morgan fingerprint density at radius 1 is 1.53 bits per heavy atom. The van der Waals surface area contributed by atoms with Gasteiger partial charge in [-0.3, -0.25) is 9.59 Å². The summed E-state index contributed by atoms with van der Waals surface area (Å²) in [5.74, 6) is -0.488. The molecule has 0 aromatic carbocycles. The molecule has 1 aliphatic heterocycles. The van der Waals surface area contributed by atoms with Crippen LogP contribution >= 0.6 is 11.8 Å². The minimum Gasteiger partial charge on any atom is -0.480 e. The molecule has 1 saturated carbocycles. The van der Waals surface area contributed by atoms with Crippen molar-refractivity contribution < 1.29 is 19.5 Å². The van der Waals surface area contributed by atoms with E-state index in [0.29, 0.717) is 11.6 Å². The van der Waals surface area contributed by atoms with Crippen molar-refractivity contribution in [3.8, 4) is 0 Å². The molecule has 1 saturated heterocycles. The number of hydrogen-bond acceptors (Lipinski definition) is 4. The first-order valence-electron chi connectivity index (χ1n) is 5.45. The van der Waals surface area contributed by atoms with E-state index in [1.165, 1.54) is 16.7 Å². The van der Waals surface area contributed by atoms with Gasteiger partial charge in [-0.2, -0.15) is 0 Å². The maximum absolute atomic E-state index is 11.6. The van der Waals surface area contributed by atoms with Gasteiger partial charge in [0, 0.05) is 0 Å². The first-order valence-corrected chi connectivity index (χ1v) is 6.61. The minimum atomic E-state index is -0.997. The Morgan fingerprint density at radius 2 is 2.24 bits per heavy atom. The predicted molar refractivity (Wildman–Crippen MR) is 61.3 cm³/mol. The molecule has 2 aliphatic rings. The van der Waals surface area contributed by atoms with Crippen molar-refractivity contribution in [1.29, 1.82) is 0 Å². The van der Waals surface area contributed by atoms with Crippen LogP contribution in [0.5, 0.6) is 0 Å². The van der Waals surface area contributed by atoms with Crippen LogP contribution in [0.3, 0.4) is 0 Å². The highest BCUT2D eigenvalue weighted by atomic mass is 32.2. The molecule has 17 heavy (non-hydrogen) atoms. The van der Waals surface area contributed by atoms with Gasteiger partial charge < -0.3 is 15.3 Å². The number of carbonyl (C=O) groups is 3. The summed E-state index contributed by atoms with van der Waals surface area (Å²) in [5.41, 5.74) is 0. The van der Waals surface area contributed by atoms with Gasteiger partial charge in [0.25, 0.3) is 0 Å². The van der Waals surface area contributed by atoms with Gasteiger partial charge in [-0.15, -0.1) is 11.8 Å². The molecule has 0 bridgehead atoms. The quantitative estimate of drug-likeness (QED) is 0.694. The Balaban J connectivity index is 1.83. The lowest BCUT2D eigenvalue weighted by Gasteiger charge is -2.17. The fourth-order valence-corrected chi connectivity index (χ4v) is 2.65. The first kappa shape index (κ1) is 12.2. The molecular weight excluding hydrogens is 244 g/mol. The summed E-state index contributed by atoms with van der Waals surface area (Å²) in [6.07, 6.45) is 1.69. The van der Waals surface area contributed by atoms with Crippen molar-refractivity contribution in [2.24, 2.45) is 5.92 Å². The molecule has 1 unspecified atom stereocenters. The topological polar surface area (TPSA) is 86.7 Å². The van der Waals surface area contributed by atoms with Crippen LogP contribution in [0, 0.1) is 5.92 Å². The molecule has 7 heteroatoms. The average Bonchev–Trinajstić information content (AvgIpc) is 3.01. The fraction of sp³-hybridized carbons (Fsp3) is 0.700. The molecule has 0 aromatic heterocycles. The van der Waals surface area contributed by atoms with E-state index in [4.69, 9.17) is 5.11 Å². The minimum absolute atomic E-state index is 0.0394. The number of carboxylic acid groups (broad SMARTS) is 1. The van der Waals surface area contributed by atoms with Gasteiger partial charge in [-0.1, -0.05) is 0 Å². The SMILES string of the molecule is O=C(CN1CSCC1=O)NC(C(=O)O)C1CC1. The van der Waals surface area contributed by atoms with Gasteiger partial charge in [-0.25, -0.2) is 4.79 Å². The third-order valence-electron chi connectivity index (χ3n) is 2.84. The van der Waals surface area contributed by atoms with Crippen LogP contribution in [0.15, 0.2) is 0 Å². The zero-order chi connectivity index (χ0) is 12.4. The average molecular weight is 258 g/mol. The molecule has 0 spiro atoms. The van der Waals surface area contributed by atoms with Crippen molar-refractivity contribution in [3.63, 3.8) is 0 Å². The highest BCUT2D eigenvalue weighted by molar-refractivity contribution is 8.00. The van der Waals surface area contributed by atoms with Gasteiger partial charge in [0.1, 0.15) is 12.6 Å². The van der Waals surface area contributed by atoms with Crippen LogP contribution in [-0.2, 0) is 14.4 Å². The fourth-order valence-electron chi connectivity index (χ4n) is 1.74. The number of carbonyl (C=O) groups excluding carboxylic acids is 2. The molecular formula is C10H14N2O4S. The van der Waals surface area contributed by atoms with Crippen molar-refractivity contribution >= 4 is 29.5 Å². The van der Waals surface area contributed by atoms with Crippen LogP contribution in [-0.4, -0.2) is 52.0 Å². The largest absolute Gasteiger partial charge is 0.480 e. The number of carboxylic acids is 1. The zero-order valence-corrected chi connectivity index (χ0v) is 10.0. The van der Waals surface area contributed by atoms with Crippen molar-refractivity contribution in [2.75, 3.05) is 18.2 Å². The number of thioether (sulfide) groups is 1. The molecule has 2 amide bonds. The Bertz CT molecular complexity index is 356. The summed E-state index contributed by atoms with van der Waals surface area (Å²) >= 11 is 1.46. The van der Waals surface area contributed by atoms with E-state index < -0.39 is 12.0 Å². The summed E-state index contributed by atoms with van der Waals surface area (Å²) in [5, 5.41) is 11.4. The van der Waals surface area contributed by atoms with E-state index in [2.05, 4.69) is 5.32 Å². The molecule has 1 aliphatic carbocycles. The number of nitrogens with zero attached hydrogens (tertiary/aromatic N) is 1.